The maximum absolute atomic E-state index is 13.3. The third-order valence-electron chi connectivity index (χ3n) is 5.44. The zero-order chi connectivity index (χ0) is 24.3. The van der Waals surface area contributed by atoms with E-state index in [2.05, 4.69) is 20.9 Å². The van der Waals surface area contributed by atoms with E-state index in [0.29, 0.717) is 0 Å². The monoisotopic (exact) mass is 458 g/mol. The van der Waals surface area contributed by atoms with E-state index in [-0.39, 0.29) is 30.8 Å². The summed E-state index contributed by atoms with van der Waals surface area (Å²) in [5.41, 5.74) is 0.642. The summed E-state index contributed by atoms with van der Waals surface area (Å²) in [5.74, 6) is -2.41. The molecule has 1 N–H and O–H groups in total. The number of rotatable bonds is 5. The normalized spacial score (nSPS) is 13.8. The molecule has 1 aliphatic rings. The third-order valence-corrected chi connectivity index (χ3v) is 5.44. The number of nitriles is 1. The Morgan fingerprint density at radius 3 is 1.64 bits per heavy atom. The molecule has 3 rings (SSSR count). The van der Waals surface area contributed by atoms with Crippen molar-refractivity contribution in [1.82, 2.24) is 5.32 Å². The van der Waals surface area contributed by atoms with Crippen LogP contribution in [0.3, 0.4) is 0 Å². The molecule has 8 heteroatoms. The van der Waals surface area contributed by atoms with E-state index in [1.54, 1.807) is 38.1 Å². The van der Waals surface area contributed by atoms with Crippen LogP contribution in [0, 0.1) is 28.9 Å². The Bertz CT molecular complexity index is 888. The fourth-order valence-corrected chi connectivity index (χ4v) is 3.92. The van der Waals surface area contributed by atoms with E-state index < -0.39 is 17.4 Å². The molecule has 0 atom stereocenters. The van der Waals surface area contributed by atoms with Gasteiger partial charge in [-0.15, -0.1) is 0 Å². The number of carbonyl (C=O) groups excluding carboxylic acids is 2. The Labute approximate surface area is 192 Å². The number of nitrogens with one attached hydrogen (secondary N) is 1. The summed E-state index contributed by atoms with van der Waals surface area (Å²) in [4.78, 5) is 20.9. The molecule has 6 nitrogen and oxygen atoms in total. The number of ether oxygens (including phenoxy) is 2. The average Bonchev–Trinajstić information content (AvgIpc) is 2.83. The predicted molar refractivity (Wildman–Crippen MR) is 118 cm³/mol. The Kier molecular flexibility index (Phi) is 9.95. The smallest absolute Gasteiger partial charge is 0.417 e. The number of hydrogen-bond donors (Lipinski definition) is 1. The van der Waals surface area contributed by atoms with Crippen LogP contribution in [0.2, 0.25) is 0 Å². The van der Waals surface area contributed by atoms with E-state index in [0.717, 1.165) is 37.1 Å². The SMILES string of the molecule is CCOC(=O)C(=O)OCC.N#CC(c1ccc(F)cc1)(c1ccc(F)cc1)C1CCNCC1. The van der Waals surface area contributed by atoms with Crippen LogP contribution in [0.25, 0.3) is 0 Å². The van der Waals surface area contributed by atoms with Crippen molar-refractivity contribution in [3.8, 4) is 6.07 Å². The maximum atomic E-state index is 13.3. The van der Waals surface area contributed by atoms with Crippen molar-refractivity contribution < 1.29 is 27.8 Å². The number of hydrogen-bond acceptors (Lipinski definition) is 6. The Balaban J connectivity index is 0.000000328. The van der Waals surface area contributed by atoms with Gasteiger partial charge in [-0.1, -0.05) is 24.3 Å². The number of halogens is 2. The van der Waals surface area contributed by atoms with Gasteiger partial charge >= 0.3 is 11.9 Å². The van der Waals surface area contributed by atoms with Crippen molar-refractivity contribution in [1.29, 1.82) is 5.26 Å². The van der Waals surface area contributed by atoms with Gasteiger partial charge in [0, 0.05) is 0 Å². The second kappa shape index (κ2) is 12.7. The van der Waals surface area contributed by atoms with Crippen LogP contribution >= 0.6 is 0 Å². The molecule has 1 fully saturated rings. The van der Waals surface area contributed by atoms with Gasteiger partial charge in [-0.2, -0.15) is 5.26 Å². The number of benzene rings is 2. The van der Waals surface area contributed by atoms with Crippen molar-refractivity contribution in [3.63, 3.8) is 0 Å². The molecule has 1 saturated heterocycles. The lowest BCUT2D eigenvalue weighted by Gasteiger charge is -2.38. The topological polar surface area (TPSA) is 88.4 Å². The Morgan fingerprint density at radius 1 is 0.909 bits per heavy atom. The zero-order valence-electron chi connectivity index (χ0n) is 18.8. The second-order valence-corrected chi connectivity index (χ2v) is 7.40. The minimum Gasteiger partial charge on any atom is -0.458 e. The summed E-state index contributed by atoms with van der Waals surface area (Å²) in [7, 11) is 0. The van der Waals surface area contributed by atoms with E-state index in [1.807, 2.05) is 0 Å². The van der Waals surface area contributed by atoms with Gasteiger partial charge in [0.05, 0.1) is 19.3 Å². The van der Waals surface area contributed by atoms with E-state index >= 15 is 0 Å². The minimum absolute atomic E-state index is 0.102. The summed E-state index contributed by atoms with van der Waals surface area (Å²) in [6.45, 7) is 5.32. The van der Waals surface area contributed by atoms with E-state index in [4.69, 9.17) is 0 Å². The highest BCUT2D eigenvalue weighted by Gasteiger charge is 2.43. The molecule has 0 saturated carbocycles. The summed E-state index contributed by atoms with van der Waals surface area (Å²) in [6, 6.07) is 14.7. The predicted octanol–water partition coefficient (Wildman–Crippen LogP) is 3.89. The molecule has 1 aliphatic heterocycles. The maximum Gasteiger partial charge on any atom is 0.417 e. The summed E-state index contributed by atoms with van der Waals surface area (Å²) in [6.07, 6.45) is 1.70. The van der Waals surface area contributed by atoms with Crippen LogP contribution < -0.4 is 5.32 Å². The highest BCUT2D eigenvalue weighted by Crippen LogP contribution is 2.43. The number of carbonyl (C=O) groups is 2. The molecule has 176 valence electrons. The van der Waals surface area contributed by atoms with Gasteiger partial charge in [0.2, 0.25) is 0 Å². The summed E-state index contributed by atoms with van der Waals surface area (Å²) in [5, 5.41) is 13.4. The molecule has 0 radical (unpaired) electrons. The standard InChI is InChI=1S/C19H18F2N2.C6H10O4/c20-17-5-1-14(2-6-17)19(13-22,16-9-11-23-12-10-16)15-3-7-18(21)8-4-15;1-3-9-5(7)6(8)10-4-2/h1-8,16,23H,9-12H2;3-4H2,1-2H3. The Hall–Kier alpha value is -3.31. The summed E-state index contributed by atoms with van der Waals surface area (Å²) >= 11 is 0. The number of nitrogens with zero attached hydrogens (tertiary/aromatic N) is 1. The fourth-order valence-electron chi connectivity index (χ4n) is 3.92. The fraction of sp³-hybridized carbons (Fsp3) is 0.400. The van der Waals surface area contributed by atoms with Crippen molar-refractivity contribution >= 4 is 11.9 Å². The second-order valence-electron chi connectivity index (χ2n) is 7.40. The lowest BCUT2D eigenvalue weighted by molar-refractivity contribution is -0.167. The van der Waals surface area contributed by atoms with Gasteiger partial charge in [-0.3, -0.25) is 0 Å². The van der Waals surface area contributed by atoms with Gasteiger partial charge in [-0.25, -0.2) is 18.4 Å². The molecule has 0 amide bonds. The Morgan fingerprint density at radius 2 is 1.30 bits per heavy atom. The highest BCUT2D eigenvalue weighted by molar-refractivity contribution is 6.29. The first-order chi connectivity index (χ1) is 15.9. The molecule has 0 bridgehead atoms. The largest absolute Gasteiger partial charge is 0.458 e. The van der Waals surface area contributed by atoms with Gasteiger partial charge < -0.3 is 14.8 Å². The molecule has 1 heterocycles. The average molecular weight is 459 g/mol. The van der Waals surface area contributed by atoms with Gasteiger partial charge in [0.15, 0.2) is 0 Å². The van der Waals surface area contributed by atoms with E-state index in [9.17, 15) is 23.6 Å². The van der Waals surface area contributed by atoms with Gasteiger partial charge in [0.25, 0.3) is 0 Å². The quantitative estimate of drug-likeness (QED) is 0.540. The lowest BCUT2D eigenvalue weighted by Crippen LogP contribution is -2.41. The molecular weight excluding hydrogens is 430 g/mol. The molecule has 2 aromatic carbocycles. The van der Waals surface area contributed by atoms with Crippen molar-refractivity contribution in [2.45, 2.75) is 32.1 Å². The number of esters is 2. The molecule has 33 heavy (non-hydrogen) atoms. The van der Waals surface area contributed by atoms with Gasteiger partial charge in [-0.05, 0) is 81.1 Å². The zero-order valence-corrected chi connectivity index (χ0v) is 18.8. The minimum atomic E-state index is -0.927. The van der Waals surface area contributed by atoms with Crippen molar-refractivity contribution in [2.24, 2.45) is 5.92 Å². The van der Waals surface area contributed by atoms with Crippen LogP contribution in [0.15, 0.2) is 48.5 Å². The van der Waals surface area contributed by atoms with Gasteiger partial charge in [0.1, 0.15) is 17.0 Å². The molecule has 0 unspecified atom stereocenters. The first-order valence-electron chi connectivity index (χ1n) is 10.9. The van der Waals surface area contributed by atoms with Crippen LogP contribution in [-0.4, -0.2) is 38.2 Å². The van der Waals surface area contributed by atoms with E-state index in [1.165, 1.54) is 24.3 Å². The van der Waals surface area contributed by atoms with Crippen LogP contribution in [0.5, 0.6) is 0 Å². The molecular formula is C25H28F2N2O4. The van der Waals surface area contributed by atoms with Crippen LogP contribution in [0.4, 0.5) is 8.78 Å². The van der Waals surface area contributed by atoms with Crippen LogP contribution in [0.1, 0.15) is 37.8 Å². The summed E-state index contributed by atoms with van der Waals surface area (Å²) < 4.78 is 35.4. The van der Waals surface area contributed by atoms with Crippen molar-refractivity contribution in [2.75, 3.05) is 26.3 Å². The lowest BCUT2D eigenvalue weighted by atomic mass is 9.64. The third kappa shape index (κ3) is 6.59. The molecule has 0 spiro atoms. The molecule has 0 aromatic heterocycles. The van der Waals surface area contributed by atoms with Crippen LogP contribution in [-0.2, 0) is 24.5 Å². The highest BCUT2D eigenvalue weighted by atomic mass is 19.1. The number of piperidine rings is 1. The molecule has 0 aliphatic carbocycles. The first-order valence-corrected chi connectivity index (χ1v) is 10.9. The first kappa shape index (κ1) is 25.9. The van der Waals surface area contributed by atoms with Crippen molar-refractivity contribution in [3.05, 3.63) is 71.3 Å². The molecule has 2 aromatic rings.